The molecule has 1 atom stereocenters. The van der Waals surface area contributed by atoms with Gasteiger partial charge in [-0.25, -0.2) is 9.59 Å². The number of rotatable bonds is 3. The van der Waals surface area contributed by atoms with Crippen molar-refractivity contribution < 1.29 is 9.59 Å². The minimum atomic E-state index is 0.244. The maximum atomic E-state index is 10.3. The maximum Gasteiger partial charge on any atom is 0.240 e. The van der Waals surface area contributed by atoms with Gasteiger partial charge in [-0.2, -0.15) is 9.98 Å². The molecule has 0 saturated heterocycles. The van der Waals surface area contributed by atoms with Crippen molar-refractivity contribution in [1.29, 1.82) is 0 Å². The molecule has 0 saturated carbocycles. The van der Waals surface area contributed by atoms with Crippen LogP contribution in [0.1, 0.15) is 30.4 Å². The number of isocyanates is 2. The number of benzene rings is 1. The van der Waals surface area contributed by atoms with E-state index < -0.39 is 0 Å². The third-order valence-corrected chi connectivity index (χ3v) is 3.40. The number of hydrogen-bond acceptors (Lipinski definition) is 4. The molecular formula is C16H14N2O2. The summed E-state index contributed by atoms with van der Waals surface area (Å²) in [6, 6.07) is 5.80. The summed E-state index contributed by atoms with van der Waals surface area (Å²) < 4.78 is 0. The fourth-order valence-electron chi connectivity index (χ4n) is 2.35. The molecule has 2 rings (SSSR count). The van der Waals surface area contributed by atoms with E-state index in [1.807, 2.05) is 38.1 Å². The molecule has 4 nitrogen and oxygen atoms in total. The van der Waals surface area contributed by atoms with E-state index in [1.54, 1.807) is 12.2 Å². The van der Waals surface area contributed by atoms with Crippen LogP contribution in [0.4, 0.5) is 5.69 Å². The lowest BCUT2D eigenvalue weighted by Crippen LogP contribution is -2.01. The highest BCUT2D eigenvalue weighted by atomic mass is 16.1. The van der Waals surface area contributed by atoms with Crippen molar-refractivity contribution in [2.45, 2.75) is 26.2 Å². The lowest BCUT2D eigenvalue weighted by Gasteiger charge is -2.18. The van der Waals surface area contributed by atoms with Crippen molar-refractivity contribution in [3.63, 3.8) is 0 Å². The number of allylic oxidation sites excluding steroid dienone is 3. The van der Waals surface area contributed by atoms with Crippen LogP contribution in [0.5, 0.6) is 0 Å². The molecule has 0 bridgehead atoms. The summed E-state index contributed by atoms with van der Waals surface area (Å²) in [6.45, 7) is 3.84. The van der Waals surface area contributed by atoms with E-state index >= 15 is 0 Å². The average Bonchev–Trinajstić information content (AvgIpc) is 2.44. The van der Waals surface area contributed by atoms with Crippen LogP contribution in [0.25, 0.3) is 0 Å². The van der Waals surface area contributed by atoms with Crippen LogP contribution < -0.4 is 0 Å². The molecule has 4 heteroatoms. The molecule has 0 spiro atoms. The van der Waals surface area contributed by atoms with Gasteiger partial charge in [0.15, 0.2) is 0 Å². The van der Waals surface area contributed by atoms with Crippen LogP contribution in [-0.4, -0.2) is 12.2 Å². The standard InChI is InChI=1S/C16H14N2O2/c1-11-7-13(3-5-15(11)17-9-19)14-4-6-16(18-10-20)12(2)8-14/h3,5-8,14H,4H2,1-2H3. The smallest absolute Gasteiger partial charge is 0.211 e. The molecule has 20 heavy (non-hydrogen) atoms. The Labute approximate surface area is 117 Å². The molecule has 1 unspecified atom stereocenters. The van der Waals surface area contributed by atoms with Crippen LogP contribution in [-0.2, 0) is 9.59 Å². The fourth-order valence-corrected chi connectivity index (χ4v) is 2.35. The second-order valence-electron chi connectivity index (χ2n) is 4.73. The van der Waals surface area contributed by atoms with Gasteiger partial charge in [-0.05, 0) is 43.0 Å². The first kappa shape index (κ1) is 13.9. The number of aryl methyl sites for hydroxylation is 1. The molecule has 0 radical (unpaired) electrons. The van der Waals surface area contributed by atoms with E-state index in [4.69, 9.17) is 0 Å². The number of hydrogen-bond donors (Lipinski definition) is 0. The molecule has 1 aliphatic carbocycles. The predicted octanol–water partition coefficient (Wildman–Crippen LogP) is 3.62. The third kappa shape index (κ3) is 2.89. The van der Waals surface area contributed by atoms with Crippen molar-refractivity contribution in [2.75, 3.05) is 0 Å². The summed E-state index contributed by atoms with van der Waals surface area (Å²) in [7, 11) is 0. The first-order chi connectivity index (χ1) is 9.65. The first-order valence-electron chi connectivity index (χ1n) is 6.31. The van der Waals surface area contributed by atoms with Crippen molar-refractivity contribution in [3.8, 4) is 0 Å². The van der Waals surface area contributed by atoms with Crippen LogP contribution in [0.3, 0.4) is 0 Å². The highest BCUT2D eigenvalue weighted by Gasteiger charge is 2.15. The Kier molecular flexibility index (Phi) is 4.21. The van der Waals surface area contributed by atoms with Crippen LogP contribution >= 0.6 is 0 Å². The summed E-state index contributed by atoms with van der Waals surface area (Å²) in [4.78, 5) is 27.9. The minimum absolute atomic E-state index is 0.244. The normalized spacial score (nSPS) is 17.4. The van der Waals surface area contributed by atoms with Crippen molar-refractivity contribution in [1.82, 2.24) is 0 Å². The Morgan fingerprint density at radius 3 is 2.50 bits per heavy atom. The van der Waals surface area contributed by atoms with E-state index in [9.17, 15) is 9.59 Å². The van der Waals surface area contributed by atoms with E-state index in [0.29, 0.717) is 11.4 Å². The minimum Gasteiger partial charge on any atom is -0.211 e. The highest BCUT2D eigenvalue weighted by Crippen LogP contribution is 2.32. The van der Waals surface area contributed by atoms with Gasteiger partial charge in [0.1, 0.15) is 0 Å². The zero-order valence-corrected chi connectivity index (χ0v) is 11.4. The average molecular weight is 266 g/mol. The Morgan fingerprint density at radius 1 is 1.15 bits per heavy atom. The van der Waals surface area contributed by atoms with E-state index in [1.165, 1.54) is 0 Å². The van der Waals surface area contributed by atoms with Crippen molar-refractivity contribution >= 4 is 17.8 Å². The quantitative estimate of drug-likeness (QED) is 0.619. The summed E-state index contributed by atoms with van der Waals surface area (Å²) >= 11 is 0. The van der Waals surface area contributed by atoms with Gasteiger partial charge in [-0.1, -0.05) is 24.3 Å². The predicted molar refractivity (Wildman–Crippen MR) is 76.3 cm³/mol. The summed E-state index contributed by atoms with van der Waals surface area (Å²) in [5.41, 5.74) is 4.39. The summed E-state index contributed by atoms with van der Waals surface area (Å²) in [5.74, 6) is 0.244. The third-order valence-electron chi connectivity index (χ3n) is 3.40. The van der Waals surface area contributed by atoms with Gasteiger partial charge < -0.3 is 0 Å². The van der Waals surface area contributed by atoms with Gasteiger partial charge in [0.25, 0.3) is 0 Å². The van der Waals surface area contributed by atoms with E-state index in [2.05, 4.69) is 16.1 Å². The first-order valence-corrected chi connectivity index (χ1v) is 6.31. The van der Waals surface area contributed by atoms with Crippen LogP contribution in [0, 0.1) is 6.92 Å². The van der Waals surface area contributed by atoms with Gasteiger partial charge in [0.05, 0.1) is 11.4 Å². The fraction of sp³-hybridized carbons (Fsp3) is 0.250. The van der Waals surface area contributed by atoms with Gasteiger partial charge in [0, 0.05) is 5.92 Å². The molecule has 0 amide bonds. The monoisotopic (exact) mass is 266 g/mol. The molecule has 0 aromatic heterocycles. The van der Waals surface area contributed by atoms with Crippen LogP contribution in [0.2, 0.25) is 0 Å². The molecular weight excluding hydrogens is 252 g/mol. The topological polar surface area (TPSA) is 58.9 Å². The largest absolute Gasteiger partial charge is 0.240 e. The Hall–Kier alpha value is -2.54. The summed E-state index contributed by atoms with van der Waals surface area (Å²) in [6.07, 6.45) is 7.94. The molecule has 0 heterocycles. The van der Waals surface area contributed by atoms with Gasteiger partial charge in [-0.3, -0.25) is 0 Å². The van der Waals surface area contributed by atoms with Gasteiger partial charge in [-0.15, -0.1) is 0 Å². The van der Waals surface area contributed by atoms with Crippen LogP contribution in [0.15, 0.2) is 51.6 Å². The molecule has 100 valence electrons. The Balaban J connectivity index is 2.29. The SMILES string of the molecule is CC1=CC(c2ccc(N=C=O)c(C)c2)CC=C1N=C=O. The molecule has 0 aliphatic heterocycles. The van der Waals surface area contributed by atoms with E-state index in [-0.39, 0.29) is 5.92 Å². The van der Waals surface area contributed by atoms with Crippen molar-refractivity contribution in [2.24, 2.45) is 9.98 Å². The maximum absolute atomic E-state index is 10.3. The zero-order chi connectivity index (χ0) is 14.5. The molecule has 1 aliphatic rings. The molecule has 0 fully saturated rings. The summed E-state index contributed by atoms with van der Waals surface area (Å²) in [5, 5.41) is 0. The lowest BCUT2D eigenvalue weighted by atomic mass is 9.88. The van der Waals surface area contributed by atoms with Gasteiger partial charge >= 0.3 is 0 Å². The number of carbonyl (C=O) groups excluding carboxylic acids is 2. The van der Waals surface area contributed by atoms with Crippen molar-refractivity contribution in [3.05, 3.63) is 52.7 Å². The Bertz CT molecular complexity index is 688. The zero-order valence-electron chi connectivity index (χ0n) is 11.4. The lowest BCUT2D eigenvalue weighted by molar-refractivity contribution is 0.564. The second-order valence-corrected chi connectivity index (χ2v) is 4.73. The molecule has 1 aromatic carbocycles. The van der Waals surface area contributed by atoms with Gasteiger partial charge in [0.2, 0.25) is 12.2 Å². The molecule has 1 aromatic rings. The Morgan fingerprint density at radius 2 is 1.90 bits per heavy atom. The van der Waals surface area contributed by atoms with E-state index in [0.717, 1.165) is 23.1 Å². The molecule has 0 N–H and O–H groups in total. The number of aliphatic imine (C=N–C) groups is 2. The highest BCUT2D eigenvalue weighted by molar-refractivity contribution is 5.55. The second kappa shape index (κ2) is 6.07. The number of nitrogens with zero attached hydrogens (tertiary/aromatic N) is 2.